The third kappa shape index (κ3) is 2.88. The van der Waals surface area contributed by atoms with Crippen molar-refractivity contribution < 1.29 is 4.74 Å². The summed E-state index contributed by atoms with van der Waals surface area (Å²) in [7, 11) is 0. The van der Waals surface area contributed by atoms with Gasteiger partial charge < -0.3 is 15.8 Å². The first-order valence-corrected chi connectivity index (χ1v) is 6.65. The van der Waals surface area contributed by atoms with Crippen LogP contribution < -0.4 is 15.8 Å². The zero-order chi connectivity index (χ0) is 13.1. The number of nitrogens with two attached hydrogens (primary N) is 1. The van der Waals surface area contributed by atoms with Gasteiger partial charge in [-0.3, -0.25) is 0 Å². The molecule has 0 unspecified atom stereocenters. The first-order valence-electron chi connectivity index (χ1n) is 6.65. The second-order valence-electron chi connectivity index (χ2n) is 4.98. The summed E-state index contributed by atoms with van der Waals surface area (Å²) in [5.41, 5.74) is 6.84. The number of para-hydroxylation sites is 3. The Balaban J connectivity index is 1.74. The molecule has 0 aromatic heterocycles. The van der Waals surface area contributed by atoms with Crippen molar-refractivity contribution in [1.29, 1.82) is 0 Å². The van der Waals surface area contributed by atoms with E-state index in [2.05, 4.69) is 5.32 Å². The van der Waals surface area contributed by atoms with Crippen molar-refractivity contribution in [3.8, 4) is 11.5 Å². The summed E-state index contributed by atoms with van der Waals surface area (Å²) < 4.78 is 5.91. The Hall–Kier alpha value is -2.00. The van der Waals surface area contributed by atoms with Crippen molar-refractivity contribution in [3.05, 3.63) is 54.6 Å². The van der Waals surface area contributed by atoms with E-state index in [1.807, 2.05) is 54.6 Å². The molecule has 2 aromatic carbocycles. The van der Waals surface area contributed by atoms with E-state index in [4.69, 9.17) is 10.5 Å². The number of hydrogen-bond donors (Lipinski definition) is 2. The summed E-state index contributed by atoms with van der Waals surface area (Å²) in [5, 5.41) is 3.49. The Morgan fingerprint density at radius 1 is 0.947 bits per heavy atom. The molecule has 1 saturated carbocycles. The largest absolute Gasteiger partial charge is 0.455 e. The monoisotopic (exact) mass is 254 g/mol. The zero-order valence-corrected chi connectivity index (χ0v) is 10.8. The molecule has 0 amide bonds. The molecule has 3 heteroatoms. The van der Waals surface area contributed by atoms with Gasteiger partial charge in [0, 0.05) is 12.1 Å². The van der Waals surface area contributed by atoms with Crippen LogP contribution in [0.4, 0.5) is 5.69 Å². The number of benzene rings is 2. The van der Waals surface area contributed by atoms with Gasteiger partial charge >= 0.3 is 0 Å². The van der Waals surface area contributed by atoms with Gasteiger partial charge in [0.15, 0.2) is 5.75 Å². The lowest BCUT2D eigenvalue weighted by molar-refractivity contribution is 0.372. The normalized spacial score (nSPS) is 21.5. The molecule has 1 fully saturated rings. The van der Waals surface area contributed by atoms with Crippen LogP contribution >= 0.6 is 0 Å². The first kappa shape index (κ1) is 12.1. The van der Waals surface area contributed by atoms with Crippen LogP contribution in [0.15, 0.2) is 54.6 Å². The van der Waals surface area contributed by atoms with Crippen LogP contribution in [0.3, 0.4) is 0 Å². The molecule has 0 aliphatic heterocycles. The number of hydrogen-bond acceptors (Lipinski definition) is 3. The molecule has 0 spiro atoms. The number of nitrogens with one attached hydrogen (secondary N) is 1. The highest BCUT2D eigenvalue weighted by atomic mass is 16.5. The van der Waals surface area contributed by atoms with Gasteiger partial charge in [-0.2, -0.15) is 0 Å². The van der Waals surface area contributed by atoms with E-state index in [-0.39, 0.29) is 0 Å². The summed E-state index contributed by atoms with van der Waals surface area (Å²) in [6, 6.07) is 18.7. The molecule has 0 heterocycles. The van der Waals surface area contributed by atoms with Gasteiger partial charge in [0.25, 0.3) is 0 Å². The molecule has 0 bridgehead atoms. The average molecular weight is 254 g/mol. The van der Waals surface area contributed by atoms with Crippen LogP contribution in [0.5, 0.6) is 11.5 Å². The smallest absolute Gasteiger partial charge is 0.150 e. The maximum atomic E-state index is 5.91. The topological polar surface area (TPSA) is 47.3 Å². The molecule has 0 saturated heterocycles. The molecule has 0 atom stereocenters. The van der Waals surface area contributed by atoms with Gasteiger partial charge in [-0.05, 0) is 37.1 Å². The van der Waals surface area contributed by atoms with Gasteiger partial charge in [0.1, 0.15) is 5.75 Å². The van der Waals surface area contributed by atoms with Gasteiger partial charge in [-0.1, -0.05) is 30.3 Å². The zero-order valence-electron chi connectivity index (χ0n) is 10.8. The van der Waals surface area contributed by atoms with Crippen molar-refractivity contribution in [3.63, 3.8) is 0 Å². The summed E-state index contributed by atoms with van der Waals surface area (Å²) in [5.74, 6) is 1.70. The minimum Gasteiger partial charge on any atom is -0.455 e. The average Bonchev–Trinajstić information content (AvgIpc) is 2.40. The first-order chi connectivity index (χ1) is 9.31. The van der Waals surface area contributed by atoms with E-state index in [9.17, 15) is 0 Å². The van der Waals surface area contributed by atoms with Gasteiger partial charge in [0.2, 0.25) is 0 Å². The lowest BCUT2D eigenvalue weighted by Gasteiger charge is -2.34. The van der Waals surface area contributed by atoms with E-state index >= 15 is 0 Å². The van der Waals surface area contributed by atoms with Crippen molar-refractivity contribution in [1.82, 2.24) is 0 Å². The predicted molar refractivity (Wildman–Crippen MR) is 77.6 cm³/mol. The van der Waals surface area contributed by atoms with Crippen molar-refractivity contribution in [2.24, 2.45) is 5.73 Å². The molecule has 1 aliphatic carbocycles. The lowest BCUT2D eigenvalue weighted by Crippen LogP contribution is -2.44. The minimum atomic E-state index is 0.347. The molecule has 1 aliphatic rings. The van der Waals surface area contributed by atoms with Gasteiger partial charge in [-0.15, -0.1) is 0 Å². The second kappa shape index (κ2) is 5.33. The van der Waals surface area contributed by atoms with Crippen molar-refractivity contribution in [2.75, 3.05) is 5.32 Å². The number of rotatable bonds is 4. The maximum Gasteiger partial charge on any atom is 0.150 e. The Labute approximate surface area is 113 Å². The third-order valence-corrected chi connectivity index (χ3v) is 3.39. The second-order valence-corrected chi connectivity index (χ2v) is 4.98. The highest BCUT2D eigenvalue weighted by Crippen LogP contribution is 2.32. The minimum absolute atomic E-state index is 0.347. The number of anilines is 1. The summed E-state index contributed by atoms with van der Waals surface area (Å²) in [6.45, 7) is 0. The molecule has 3 nitrogen and oxygen atoms in total. The molecule has 0 radical (unpaired) electrons. The quantitative estimate of drug-likeness (QED) is 0.879. The Morgan fingerprint density at radius 2 is 1.63 bits per heavy atom. The molecule has 3 rings (SSSR count). The van der Waals surface area contributed by atoms with Crippen LogP contribution in [-0.2, 0) is 0 Å². The van der Waals surface area contributed by atoms with Crippen LogP contribution in [0.1, 0.15) is 12.8 Å². The lowest BCUT2D eigenvalue weighted by atomic mass is 9.87. The predicted octanol–water partition coefficient (Wildman–Crippen LogP) is 3.38. The van der Waals surface area contributed by atoms with Crippen molar-refractivity contribution in [2.45, 2.75) is 24.9 Å². The Morgan fingerprint density at radius 3 is 2.37 bits per heavy atom. The third-order valence-electron chi connectivity index (χ3n) is 3.39. The van der Waals surface area contributed by atoms with E-state index in [1.54, 1.807) is 0 Å². The van der Waals surface area contributed by atoms with E-state index < -0.39 is 0 Å². The highest BCUT2D eigenvalue weighted by Gasteiger charge is 2.26. The SMILES string of the molecule is NC1CC(Nc2ccccc2Oc2ccccc2)C1. The molecule has 3 N–H and O–H groups in total. The van der Waals surface area contributed by atoms with Crippen LogP contribution in [0, 0.1) is 0 Å². The molecule has 19 heavy (non-hydrogen) atoms. The van der Waals surface area contributed by atoms with Crippen LogP contribution in [0.25, 0.3) is 0 Å². The van der Waals surface area contributed by atoms with Crippen LogP contribution in [-0.4, -0.2) is 12.1 Å². The van der Waals surface area contributed by atoms with Crippen molar-refractivity contribution >= 4 is 5.69 Å². The van der Waals surface area contributed by atoms with Crippen LogP contribution in [0.2, 0.25) is 0 Å². The fourth-order valence-corrected chi connectivity index (χ4v) is 2.29. The fourth-order valence-electron chi connectivity index (χ4n) is 2.29. The Kier molecular flexibility index (Phi) is 3.38. The molecular formula is C16H18N2O. The summed E-state index contributed by atoms with van der Waals surface area (Å²) >= 11 is 0. The maximum absolute atomic E-state index is 5.91. The standard InChI is InChI=1S/C16H18N2O/c17-12-10-13(11-12)18-15-8-4-5-9-16(15)19-14-6-2-1-3-7-14/h1-9,12-13,18H,10-11,17H2. The van der Waals surface area contributed by atoms with Gasteiger partial charge in [-0.25, -0.2) is 0 Å². The Bertz CT molecular complexity index is 535. The van der Waals surface area contributed by atoms with Gasteiger partial charge in [0.05, 0.1) is 5.69 Å². The molecule has 98 valence electrons. The van der Waals surface area contributed by atoms with E-state index in [1.165, 1.54) is 0 Å². The summed E-state index contributed by atoms with van der Waals surface area (Å²) in [6.07, 6.45) is 2.05. The molecular weight excluding hydrogens is 236 g/mol. The number of ether oxygens (including phenoxy) is 1. The fraction of sp³-hybridized carbons (Fsp3) is 0.250. The van der Waals surface area contributed by atoms with E-state index in [0.29, 0.717) is 12.1 Å². The summed E-state index contributed by atoms with van der Waals surface area (Å²) in [4.78, 5) is 0. The highest BCUT2D eigenvalue weighted by molar-refractivity contribution is 5.58. The van der Waals surface area contributed by atoms with E-state index in [0.717, 1.165) is 30.0 Å². The molecule has 2 aromatic rings.